The number of anilines is 2. The molecule has 0 saturated carbocycles. The van der Waals surface area contributed by atoms with Gasteiger partial charge in [0, 0.05) is 12.7 Å². The molecular weight excluding hydrogens is 254 g/mol. The summed E-state index contributed by atoms with van der Waals surface area (Å²) in [7, 11) is 1.99. The van der Waals surface area contributed by atoms with Crippen LogP contribution in [0, 0.1) is 13.8 Å². The molecule has 2 aromatic rings. The van der Waals surface area contributed by atoms with Gasteiger partial charge in [0.2, 0.25) is 0 Å². The van der Waals surface area contributed by atoms with Crippen molar-refractivity contribution in [3.8, 4) is 0 Å². The first-order valence-electron chi connectivity index (χ1n) is 6.06. The van der Waals surface area contributed by atoms with Crippen molar-refractivity contribution in [2.24, 2.45) is 5.73 Å². The fraction of sp³-hybridized carbons (Fsp3) is 0.200. The van der Waals surface area contributed by atoms with Crippen LogP contribution in [0.1, 0.15) is 16.8 Å². The minimum atomic E-state index is 0.315. The monoisotopic (exact) mass is 271 g/mol. The van der Waals surface area contributed by atoms with Crippen molar-refractivity contribution in [2.45, 2.75) is 13.8 Å². The Hall–Kier alpha value is -1.94. The number of hydrogen-bond acceptors (Lipinski definition) is 3. The molecule has 0 saturated heterocycles. The molecule has 0 aliphatic carbocycles. The molecule has 3 nitrogen and oxygen atoms in total. The molecule has 0 aliphatic heterocycles. The van der Waals surface area contributed by atoms with Gasteiger partial charge in [0.1, 0.15) is 10.8 Å². The minimum absolute atomic E-state index is 0.315. The van der Waals surface area contributed by atoms with E-state index in [1.54, 1.807) is 0 Å². The molecule has 1 heterocycles. The molecule has 0 atom stereocenters. The number of pyridine rings is 1. The van der Waals surface area contributed by atoms with Crippen LogP contribution in [-0.4, -0.2) is 17.0 Å². The molecule has 0 unspecified atom stereocenters. The number of aromatic nitrogens is 1. The van der Waals surface area contributed by atoms with Crippen LogP contribution in [0.5, 0.6) is 0 Å². The van der Waals surface area contributed by atoms with Crippen molar-refractivity contribution in [2.75, 3.05) is 11.9 Å². The Labute approximate surface area is 119 Å². The summed E-state index contributed by atoms with van der Waals surface area (Å²) in [6.45, 7) is 4.17. The zero-order chi connectivity index (χ0) is 14.0. The molecule has 0 bridgehead atoms. The van der Waals surface area contributed by atoms with Crippen molar-refractivity contribution < 1.29 is 0 Å². The number of benzene rings is 1. The standard InChI is InChI=1S/C15H17N3S/c1-10-7-11(2)9-12(8-10)18(3)14-6-4-5-13(17-14)15(16)19/h4-9H,1-3H3,(H2,16,19). The van der Waals surface area contributed by atoms with Gasteiger partial charge in [0.05, 0.1) is 5.69 Å². The van der Waals surface area contributed by atoms with Crippen LogP contribution in [0.2, 0.25) is 0 Å². The third-order valence-corrected chi connectivity index (χ3v) is 3.13. The molecule has 0 radical (unpaired) electrons. The van der Waals surface area contributed by atoms with E-state index in [1.807, 2.05) is 30.1 Å². The lowest BCUT2D eigenvalue weighted by atomic mass is 10.1. The Bertz CT molecular complexity index is 602. The Balaban J connectivity index is 2.40. The normalized spacial score (nSPS) is 10.3. The lowest BCUT2D eigenvalue weighted by Crippen LogP contribution is -2.16. The van der Waals surface area contributed by atoms with E-state index < -0.39 is 0 Å². The Morgan fingerprint density at radius 3 is 2.37 bits per heavy atom. The van der Waals surface area contributed by atoms with Crippen molar-refractivity contribution >= 4 is 28.7 Å². The van der Waals surface area contributed by atoms with Crippen molar-refractivity contribution in [1.82, 2.24) is 4.98 Å². The zero-order valence-electron chi connectivity index (χ0n) is 11.3. The molecule has 0 amide bonds. The fourth-order valence-electron chi connectivity index (χ4n) is 2.02. The Morgan fingerprint density at radius 1 is 1.16 bits per heavy atom. The van der Waals surface area contributed by atoms with E-state index >= 15 is 0 Å². The second-order valence-electron chi connectivity index (χ2n) is 4.65. The number of thiocarbonyl (C=S) groups is 1. The van der Waals surface area contributed by atoms with Gasteiger partial charge >= 0.3 is 0 Å². The summed E-state index contributed by atoms with van der Waals surface area (Å²) in [5.41, 5.74) is 9.82. The van der Waals surface area contributed by atoms with Crippen LogP contribution >= 0.6 is 12.2 Å². The van der Waals surface area contributed by atoms with Crippen LogP contribution in [-0.2, 0) is 0 Å². The van der Waals surface area contributed by atoms with Crippen molar-refractivity contribution in [1.29, 1.82) is 0 Å². The summed E-state index contributed by atoms with van der Waals surface area (Å²) in [6.07, 6.45) is 0. The maximum Gasteiger partial charge on any atom is 0.133 e. The molecule has 98 valence electrons. The first-order valence-corrected chi connectivity index (χ1v) is 6.47. The summed E-state index contributed by atoms with van der Waals surface area (Å²) in [5, 5.41) is 0. The second kappa shape index (κ2) is 5.36. The van der Waals surface area contributed by atoms with Crippen LogP contribution in [0.3, 0.4) is 0 Å². The average molecular weight is 271 g/mol. The van der Waals surface area contributed by atoms with Crippen molar-refractivity contribution in [3.63, 3.8) is 0 Å². The van der Waals surface area contributed by atoms with Crippen LogP contribution < -0.4 is 10.6 Å². The lowest BCUT2D eigenvalue weighted by Gasteiger charge is -2.20. The summed E-state index contributed by atoms with van der Waals surface area (Å²) in [6, 6.07) is 12.1. The van der Waals surface area contributed by atoms with Crippen molar-refractivity contribution in [3.05, 3.63) is 53.2 Å². The van der Waals surface area contributed by atoms with Gasteiger partial charge in [-0.15, -0.1) is 0 Å². The maximum atomic E-state index is 5.62. The largest absolute Gasteiger partial charge is 0.388 e. The topological polar surface area (TPSA) is 42.1 Å². The first kappa shape index (κ1) is 13.5. The fourth-order valence-corrected chi connectivity index (χ4v) is 2.14. The van der Waals surface area contributed by atoms with E-state index in [-0.39, 0.29) is 0 Å². The summed E-state index contributed by atoms with van der Waals surface area (Å²) >= 11 is 4.96. The second-order valence-corrected chi connectivity index (χ2v) is 5.09. The quantitative estimate of drug-likeness (QED) is 0.871. The first-order chi connectivity index (χ1) is 8.97. The van der Waals surface area contributed by atoms with Crippen LogP contribution in [0.4, 0.5) is 11.5 Å². The molecule has 4 heteroatoms. The molecule has 2 rings (SSSR count). The van der Waals surface area contributed by atoms with Gasteiger partial charge in [-0.1, -0.05) is 24.4 Å². The summed E-state index contributed by atoms with van der Waals surface area (Å²) < 4.78 is 0. The highest BCUT2D eigenvalue weighted by Crippen LogP contribution is 2.24. The third kappa shape index (κ3) is 3.09. The van der Waals surface area contributed by atoms with E-state index in [4.69, 9.17) is 18.0 Å². The number of rotatable bonds is 3. The van der Waals surface area contributed by atoms with E-state index in [2.05, 4.69) is 37.0 Å². The molecule has 0 spiro atoms. The molecule has 1 aromatic heterocycles. The highest BCUT2D eigenvalue weighted by molar-refractivity contribution is 7.80. The van der Waals surface area contributed by atoms with E-state index in [1.165, 1.54) is 11.1 Å². The molecule has 19 heavy (non-hydrogen) atoms. The van der Waals surface area contributed by atoms with E-state index in [0.29, 0.717) is 10.7 Å². The maximum absolute atomic E-state index is 5.62. The number of nitrogens with two attached hydrogens (primary N) is 1. The number of aryl methyl sites for hydroxylation is 2. The van der Waals surface area contributed by atoms with Gasteiger partial charge in [-0.3, -0.25) is 0 Å². The van der Waals surface area contributed by atoms with Gasteiger partial charge in [-0.25, -0.2) is 4.98 Å². The molecule has 0 fully saturated rings. The van der Waals surface area contributed by atoms with Gasteiger partial charge < -0.3 is 10.6 Å². The SMILES string of the molecule is Cc1cc(C)cc(N(C)c2cccc(C(N)=S)n2)c1. The molecular formula is C15H17N3S. The minimum Gasteiger partial charge on any atom is -0.388 e. The molecule has 0 aliphatic rings. The molecule has 1 aromatic carbocycles. The van der Waals surface area contributed by atoms with Crippen LogP contribution in [0.25, 0.3) is 0 Å². The zero-order valence-corrected chi connectivity index (χ0v) is 12.2. The smallest absolute Gasteiger partial charge is 0.133 e. The van der Waals surface area contributed by atoms with E-state index in [9.17, 15) is 0 Å². The third-order valence-electron chi connectivity index (χ3n) is 2.92. The predicted octanol–water partition coefficient (Wildman–Crippen LogP) is 3.10. The lowest BCUT2D eigenvalue weighted by molar-refractivity contribution is 1.11. The number of hydrogen-bond donors (Lipinski definition) is 1. The average Bonchev–Trinajstić information content (AvgIpc) is 2.37. The molecule has 2 N–H and O–H groups in total. The summed E-state index contributed by atoms with van der Waals surface area (Å²) in [4.78, 5) is 6.81. The van der Waals surface area contributed by atoms with Gasteiger partial charge in [0.25, 0.3) is 0 Å². The van der Waals surface area contributed by atoms with Gasteiger partial charge in [0.15, 0.2) is 0 Å². The summed E-state index contributed by atoms with van der Waals surface area (Å²) in [5.74, 6) is 0.829. The van der Waals surface area contributed by atoms with Gasteiger partial charge in [-0.2, -0.15) is 0 Å². The highest BCUT2D eigenvalue weighted by atomic mass is 32.1. The Morgan fingerprint density at radius 2 is 1.79 bits per heavy atom. The number of nitrogens with zero attached hydrogens (tertiary/aromatic N) is 2. The van der Waals surface area contributed by atoms with Crippen LogP contribution in [0.15, 0.2) is 36.4 Å². The van der Waals surface area contributed by atoms with Gasteiger partial charge in [-0.05, 0) is 49.2 Å². The highest BCUT2D eigenvalue weighted by Gasteiger charge is 2.08. The van der Waals surface area contributed by atoms with E-state index in [0.717, 1.165) is 11.5 Å². The predicted molar refractivity (Wildman–Crippen MR) is 84.1 cm³/mol. The Kier molecular flexibility index (Phi) is 3.81.